The highest BCUT2D eigenvalue weighted by atomic mass is 16.7. The van der Waals surface area contributed by atoms with Crippen LogP contribution in [0, 0.1) is 0 Å². The van der Waals surface area contributed by atoms with E-state index in [9.17, 15) is 9.59 Å². The van der Waals surface area contributed by atoms with Gasteiger partial charge in [-0.15, -0.1) is 0 Å². The summed E-state index contributed by atoms with van der Waals surface area (Å²) in [6, 6.07) is 21.7. The maximum atomic E-state index is 12.9. The van der Waals surface area contributed by atoms with Gasteiger partial charge in [0.2, 0.25) is 0 Å². The summed E-state index contributed by atoms with van der Waals surface area (Å²) in [5, 5.41) is 2.87. The van der Waals surface area contributed by atoms with Crippen molar-refractivity contribution >= 4 is 25.6 Å². The zero-order chi connectivity index (χ0) is 28.5. The van der Waals surface area contributed by atoms with Crippen LogP contribution < -0.4 is 10.1 Å². The van der Waals surface area contributed by atoms with Crippen LogP contribution >= 0.6 is 0 Å². The van der Waals surface area contributed by atoms with Crippen LogP contribution in [0.4, 0.5) is 4.79 Å². The smallest absolute Gasteiger partial charge is 0.492 e. The van der Waals surface area contributed by atoms with E-state index < -0.39 is 24.4 Å². The molecule has 0 radical (unpaired) electrons. The van der Waals surface area contributed by atoms with Gasteiger partial charge in [0, 0.05) is 12.5 Å². The second kappa shape index (κ2) is 10.9. The lowest BCUT2D eigenvalue weighted by atomic mass is 9.77. The standard InChI is InChI=1S/C32H34BNO6/c1-31(2)32(3,4)40-33(39-31)23(17-21-14-15-29(37-5)22(16-21)19-35)18-34-30(36)38-20-28-26-12-8-6-10-24(26)25-11-7-9-13-27(25)28/h6-17,19,28H,18,20H2,1-5H3,(H,34,36). The van der Waals surface area contributed by atoms with Gasteiger partial charge in [0.15, 0.2) is 6.29 Å². The first kappa shape index (κ1) is 27.7. The van der Waals surface area contributed by atoms with Gasteiger partial charge in [-0.05, 0) is 73.1 Å². The predicted octanol–water partition coefficient (Wildman–Crippen LogP) is 6.06. The monoisotopic (exact) mass is 539 g/mol. The highest BCUT2D eigenvalue weighted by Gasteiger charge is 2.52. The van der Waals surface area contributed by atoms with Gasteiger partial charge >= 0.3 is 13.2 Å². The van der Waals surface area contributed by atoms with E-state index in [-0.39, 0.29) is 19.1 Å². The third-order valence-corrected chi connectivity index (χ3v) is 8.07. The first-order valence-corrected chi connectivity index (χ1v) is 13.4. The molecule has 0 spiro atoms. The molecule has 1 saturated heterocycles. The van der Waals surface area contributed by atoms with Crippen molar-refractivity contribution in [2.75, 3.05) is 20.3 Å². The molecule has 0 bridgehead atoms. The lowest BCUT2D eigenvalue weighted by Crippen LogP contribution is -2.41. The second-order valence-corrected chi connectivity index (χ2v) is 11.1. The molecule has 7 nitrogen and oxygen atoms in total. The Morgan fingerprint density at radius 3 is 2.12 bits per heavy atom. The number of benzene rings is 3. The fourth-order valence-corrected chi connectivity index (χ4v) is 5.17. The number of hydrogen-bond donors (Lipinski definition) is 1. The van der Waals surface area contributed by atoms with E-state index in [4.69, 9.17) is 18.8 Å². The van der Waals surface area contributed by atoms with E-state index in [1.807, 2.05) is 64.1 Å². The zero-order valence-corrected chi connectivity index (χ0v) is 23.5. The van der Waals surface area contributed by atoms with E-state index in [1.54, 1.807) is 12.1 Å². The Morgan fingerprint density at radius 2 is 1.55 bits per heavy atom. The van der Waals surface area contributed by atoms with Gasteiger partial charge in [-0.25, -0.2) is 4.79 Å². The third-order valence-electron chi connectivity index (χ3n) is 8.07. The molecule has 3 aromatic rings. The number of ether oxygens (including phenoxy) is 2. The van der Waals surface area contributed by atoms with E-state index in [0.717, 1.165) is 23.0 Å². The minimum Gasteiger partial charge on any atom is -0.496 e. The molecular weight excluding hydrogens is 505 g/mol. The molecular formula is C32H34BNO6. The summed E-state index contributed by atoms with van der Waals surface area (Å²) < 4.78 is 23.5. The van der Waals surface area contributed by atoms with Crippen LogP contribution in [0.3, 0.4) is 0 Å². The molecule has 1 N–H and O–H groups in total. The highest BCUT2D eigenvalue weighted by molar-refractivity contribution is 6.56. The molecule has 40 heavy (non-hydrogen) atoms. The van der Waals surface area contributed by atoms with Crippen LogP contribution in [-0.4, -0.2) is 51.0 Å². The number of alkyl carbamates (subject to hydrolysis) is 1. The topological polar surface area (TPSA) is 83.1 Å². The number of nitrogens with one attached hydrogen (secondary N) is 1. The normalized spacial score (nSPS) is 17.2. The van der Waals surface area contributed by atoms with Crippen LogP contribution in [-0.2, 0) is 14.0 Å². The van der Waals surface area contributed by atoms with Crippen LogP contribution in [0.25, 0.3) is 17.2 Å². The molecule has 0 aromatic heterocycles. The van der Waals surface area contributed by atoms with E-state index in [1.165, 1.54) is 18.2 Å². The lowest BCUT2D eigenvalue weighted by Gasteiger charge is -2.32. The van der Waals surface area contributed by atoms with E-state index >= 15 is 0 Å². The number of aldehydes is 1. The fraction of sp³-hybridized carbons (Fsp3) is 0.312. The van der Waals surface area contributed by atoms with Gasteiger partial charge in [0.25, 0.3) is 0 Å². The number of amides is 1. The van der Waals surface area contributed by atoms with Gasteiger partial charge in [0.1, 0.15) is 12.4 Å². The molecule has 206 valence electrons. The summed E-state index contributed by atoms with van der Waals surface area (Å²) >= 11 is 0. The third kappa shape index (κ3) is 5.29. The first-order valence-electron chi connectivity index (χ1n) is 13.4. The van der Waals surface area contributed by atoms with Crippen molar-refractivity contribution in [1.82, 2.24) is 5.32 Å². The Hall–Kier alpha value is -3.88. The number of rotatable bonds is 8. The molecule has 2 aliphatic rings. The minimum absolute atomic E-state index is 0.0303. The highest BCUT2D eigenvalue weighted by Crippen LogP contribution is 2.44. The maximum Gasteiger partial charge on any atom is 0.492 e. The van der Waals surface area contributed by atoms with Gasteiger partial charge in [0.05, 0.1) is 23.9 Å². The van der Waals surface area contributed by atoms with Crippen molar-refractivity contribution in [2.24, 2.45) is 0 Å². The van der Waals surface area contributed by atoms with Crippen molar-refractivity contribution in [3.8, 4) is 16.9 Å². The molecule has 8 heteroatoms. The summed E-state index contributed by atoms with van der Waals surface area (Å²) in [4.78, 5) is 24.5. The van der Waals surface area contributed by atoms with Crippen LogP contribution in [0.15, 0.2) is 72.2 Å². The van der Waals surface area contributed by atoms with Gasteiger partial charge in [-0.2, -0.15) is 0 Å². The fourth-order valence-electron chi connectivity index (χ4n) is 5.17. The number of methoxy groups -OCH3 is 1. The summed E-state index contributed by atoms with van der Waals surface area (Å²) in [7, 11) is 0.826. The van der Waals surface area contributed by atoms with Crippen molar-refractivity contribution in [3.05, 3.63) is 94.5 Å². The van der Waals surface area contributed by atoms with Crippen LogP contribution in [0.1, 0.15) is 60.7 Å². The van der Waals surface area contributed by atoms with Crippen LogP contribution in [0.5, 0.6) is 5.75 Å². The molecule has 0 atom stereocenters. The quantitative estimate of drug-likeness (QED) is 0.277. The molecule has 1 heterocycles. The lowest BCUT2D eigenvalue weighted by molar-refractivity contribution is 0.00578. The number of carbonyl (C=O) groups excluding carboxylic acids is 2. The zero-order valence-electron chi connectivity index (χ0n) is 23.5. The molecule has 3 aromatic carbocycles. The molecule has 0 saturated carbocycles. The SMILES string of the molecule is COc1ccc(C=C(CNC(=O)OCC2c3ccccc3-c3ccccc32)B2OC(C)(C)C(C)(C)O2)cc1C=O. The minimum atomic E-state index is -0.694. The van der Waals surface area contributed by atoms with Crippen molar-refractivity contribution < 1.29 is 28.4 Å². The summed E-state index contributed by atoms with van der Waals surface area (Å²) in [6.07, 6.45) is 2.07. The summed E-state index contributed by atoms with van der Waals surface area (Å²) in [6.45, 7) is 8.25. The largest absolute Gasteiger partial charge is 0.496 e. The molecule has 1 fully saturated rings. The van der Waals surface area contributed by atoms with Gasteiger partial charge in [-0.1, -0.05) is 60.7 Å². The predicted molar refractivity (Wildman–Crippen MR) is 156 cm³/mol. The van der Waals surface area contributed by atoms with Crippen molar-refractivity contribution in [2.45, 2.75) is 44.8 Å². The second-order valence-electron chi connectivity index (χ2n) is 11.1. The first-order chi connectivity index (χ1) is 19.1. The number of hydrogen-bond acceptors (Lipinski definition) is 6. The Bertz CT molecular complexity index is 1400. The number of fused-ring (bicyclic) bond motifs is 3. The maximum absolute atomic E-state index is 12.9. The average Bonchev–Trinajstić information content (AvgIpc) is 3.38. The van der Waals surface area contributed by atoms with E-state index in [0.29, 0.717) is 16.8 Å². The summed E-state index contributed by atoms with van der Waals surface area (Å²) in [5.41, 5.74) is 5.40. The molecule has 1 aliphatic heterocycles. The van der Waals surface area contributed by atoms with Gasteiger partial charge < -0.3 is 24.1 Å². The Balaban J connectivity index is 1.32. The van der Waals surface area contributed by atoms with Crippen molar-refractivity contribution in [3.63, 3.8) is 0 Å². The Morgan fingerprint density at radius 1 is 0.950 bits per heavy atom. The van der Waals surface area contributed by atoms with Gasteiger partial charge in [-0.3, -0.25) is 4.79 Å². The Labute approximate surface area is 235 Å². The average molecular weight is 539 g/mol. The molecule has 5 rings (SSSR count). The number of carbonyl (C=O) groups is 2. The molecule has 0 unspecified atom stereocenters. The van der Waals surface area contributed by atoms with Crippen LogP contribution in [0.2, 0.25) is 0 Å². The van der Waals surface area contributed by atoms with Crippen molar-refractivity contribution in [1.29, 1.82) is 0 Å². The molecule has 1 amide bonds. The summed E-state index contributed by atoms with van der Waals surface area (Å²) in [5.74, 6) is 0.457. The molecule has 1 aliphatic carbocycles. The van der Waals surface area contributed by atoms with E-state index in [2.05, 4.69) is 29.6 Å². The Kier molecular flexibility index (Phi) is 7.58.